The first kappa shape index (κ1) is 13.7. The van der Waals surface area contributed by atoms with Crippen molar-refractivity contribution in [3.63, 3.8) is 0 Å². The first-order valence-electron chi connectivity index (χ1n) is 5.74. The molecule has 2 N–H and O–H groups in total. The highest BCUT2D eigenvalue weighted by Gasteiger charge is 2.17. The Labute approximate surface area is 101 Å². The van der Waals surface area contributed by atoms with E-state index in [4.69, 9.17) is 9.52 Å². The van der Waals surface area contributed by atoms with Crippen LogP contribution in [-0.2, 0) is 0 Å². The first-order chi connectivity index (χ1) is 8.06. The van der Waals surface area contributed by atoms with Crippen LogP contribution in [-0.4, -0.2) is 43.2 Å². The lowest BCUT2D eigenvalue weighted by Crippen LogP contribution is -2.25. The summed E-state index contributed by atoms with van der Waals surface area (Å²) in [6, 6.07) is 3.30. The van der Waals surface area contributed by atoms with Crippen molar-refractivity contribution in [1.29, 1.82) is 0 Å². The number of carboxylic acid groups (broad SMARTS) is 1. The average Bonchev–Trinajstić information content (AvgIpc) is 2.77. The smallest absolute Gasteiger partial charge is 0.371 e. The third kappa shape index (κ3) is 3.87. The molecule has 0 amide bonds. The number of carboxylic acids is 1. The number of carbonyl (C=O) groups is 1. The van der Waals surface area contributed by atoms with Crippen molar-refractivity contribution in [1.82, 2.24) is 10.2 Å². The second-order valence-corrected chi connectivity index (χ2v) is 4.12. The van der Waals surface area contributed by atoms with E-state index in [0.717, 1.165) is 19.5 Å². The molecule has 1 atom stereocenters. The summed E-state index contributed by atoms with van der Waals surface area (Å²) >= 11 is 0. The van der Waals surface area contributed by atoms with Gasteiger partial charge in [0, 0.05) is 0 Å². The zero-order valence-electron chi connectivity index (χ0n) is 10.6. The molecule has 1 aromatic heterocycles. The quantitative estimate of drug-likeness (QED) is 0.708. The van der Waals surface area contributed by atoms with Gasteiger partial charge in [0.1, 0.15) is 5.76 Å². The third-order valence-corrected chi connectivity index (χ3v) is 2.85. The van der Waals surface area contributed by atoms with Gasteiger partial charge in [-0.3, -0.25) is 4.90 Å². The highest BCUT2D eigenvalue weighted by Crippen LogP contribution is 2.21. The van der Waals surface area contributed by atoms with E-state index in [0.29, 0.717) is 5.76 Å². The average molecular weight is 240 g/mol. The number of furan rings is 1. The Morgan fingerprint density at radius 3 is 2.82 bits per heavy atom. The molecule has 96 valence electrons. The highest BCUT2D eigenvalue weighted by molar-refractivity contribution is 5.84. The Balaban J connectivity index is 2.55. The zero-order valence-corrected chi connectivity index (χ0v) is 10.6. The van der Waals surface area contributed by atoms with Crippen LogP contribution in [0.3, 0.4) is 0 Å². The molecule has 0 aromatic carbocycles. The first-order valence-corrected chi connectivity index (χ1v) is 5.74. The van der Waals surface area contributed by atoms with Gasteiger partial charge >= 0.3 is 5.97 Å². The monoisotopic (exact) mass is 240 g/mol. The number of aromatic carboxylic acids is 1. The summed E-state index contributed by atoms with van der Waals surface area (Å²) < 4.78 is 5.28. The topological polar surface area (TPSA) is 65.7 Å². The lowest BCUT2D eigenvalue weighted by molar-refractivity contribution is 0.0657. The highest BCUT2D eigenvalue weighted by atomic mass is 16.4. The molecule has 1 heterocycles. The van der Waals surface area contributed by atoms with Gasteiger partial charge in [-0.25, -0.2) is 4.79 Å². The summed E-state index contributed by atoms with van der Waals surface area (Å²) in [6.45, 7) is 3.91. The Kier molecular flexibility index (Phi) is 5.18. The van der Waals surface area contributed by atoms with E-state index in [-0.39, 0.29) is 11.8 Å². The molecule has 0 bridgehead atoms. The molecule has 0 aliphatic carbocycles. The summed E-state index contributed by atoms with van der Waals surface area (Å²) in [4.78, 5) is 12.8. The molecule has 0 aliphatic heterocycles. The second kappa shape index (κ2) is 6.42. The molecule has 1 rings (SSSR count). The van der Waals surface area contributed by atoms with Crippen molar-refractivity contribution in [3.05, 3.63) is 23.7 Å². The zero-order chi connectivity index (χ0) is 12.8. The Bertz CT molecular complexity index is 362. The maximum absolute atomic E-state index is 10.7. The number of hydrogen-bond donors (Lipinski definition) is 2. The normalized spacial score (nSPS) is 12.9. The van der Waals surface area contributed by atoms with Crippen molar-refractivity contribution in [2.45, 2.75) is 19.4 Å². The van der Waals surface area contributed by atoms with E-state index in [2.05, 4.69) is 10.2 Å². The van der Waals surface area contributed by atoms with E-state index in [1.165, 1.54) is 6.07 Å². The van der Waals surface area contributed by atoms with E-state index in [1.54, 1.807) is 6.07 Å². The Morgan fingerprint density at radius 2 is 2.29 bits per heavy atom. The summed E-state index contributed by atoms with van der Waals surface area (Å²) in [6.07, 6.45) is 1.05. The van der Waals surface area contributed by atoms with Crippen LogP contribution in [0.25, 0.3) is 0 Å². The molecule has 5 heteroatoms. The predicted molar refractivity (Wildman–Crippen MR) is 65.3 cm³/mol. The van der Waals surface area contributed by atoms with Crippen LogP contribution in [0.2, 0.25) is 0 Å². The summed E-state index contributed by atoms with van der Waals surface area (Å²) in [5.74, 6) is -0.342. The number of nitrogens with zero attached hydrogens (tertiary/aromatic N) is 1. The van der Waals surface area contributed by atoms with Gasteiger partial charge in [0.25, 0.3) is 0 Å². The SMILES string of the molecule is CNCCCN(C)C(C)c1ccc(C(=O)O)o1. The number of nitrogens with one attached hydrogen (secondary N) is 1. The van der Waals surface area contributed by atoms with Gasteiger partial charge < -0.3 is 14.8 Å². The lowest BCUT2D eigenvalue weighted by Gasteiger charge is -2.22. The summed E-state index contributed by atoms with van der Waals surface area (Å²) in [5, 5.41) is 11.9. The van der Waals surface area contributed by atoms with Crippen LogP contribution in [0.4, 0.5) is 0 Å². The van der Waals surface area contributed by atoms with E-state index < -0.39 is 5.97 Å². The minimum absolute atomic E-state index is 0.00419. The molecule has 0 saturated carbocycles. The largest absolute Gasteiger partial charge is 0.475 e. The fourth-order valence-electron chi connectivity index (χ4n) is 1.61. The van der Waals surface area contributed by atoms with Gasteiger partial charge in [-0.1, -0.05) is 0 Å². The van der Waals surface area contributed by atoms with Crippen LogP contribution in [0, 0.1) is 0 Å². The van der Waals surface area contributed by atoms with Gasteiger partial charge in [-0.2, -0.15) is 0 Å². The third-order valence-electron chi connectivity index (χ3n) is 2.85. The van der Waals surface area contributed by atoms with Crippen molar-refractivity contribution in [3.8, 4) is 0 Å². The molecular weight excluding hydrogens is 220 g/mol. The van der Waals surface area contributed by atoms with Crippen molar-refractivity contribution < 1.29 is 14.3 Å². The Morgan fingerprint density at radius 1 is 1.59 bits per heavy atom. The van der Waals surface area contributed by atoms with Gasteiger partial charge in [0.15, 0.2) is 0 Å². The van der Waals surface area contributed by atoms with E-state index >= 15 is 0 Å². The molecule has 5 nitrogen and oxygen atoms in total. The van der Waals surface area contributed by atoms with Gasteiger partial charge in [-0.15, -0.1) is 0 Å². The number of hydrogen-bond acceptors (Lipinski definition) is 4. The molecule has 0 spiro atoms. The molecular formula is C12H20N2O3. The van der Waals surface area contributed by atoms with E-state index in [9.17, 15) is 4.79 Å². The molecule has 0 fully saturated rings. The van der Waals surface area contributed by atoms with Gasteiger partial charge in [0.05, 0.1) is 6.04 Å². The second-order valence-electron chi connectivity index (χ2n) is 4.12. The summed E-state index contributed by atoms with van der Waals surface area (Å²) in [7, 11) is 3.93. The van der Waals surface area contributed by atoms with Crippen LogP contribution in [0.5, 0.6) is 0 Å². The Hall–Kier alpha value is -1.33. The standard InChI is InChI=1S/C12H20N2O3/c1-9(14(3)8-4-7-13-2)10-5-6-11(17-10)12(15)16/h5-6,9,13H,4,7-8H2,1-3H3,(H,15,16). The van der Waals surface area contributed by atoms with Crippen molar-refractivity contribution in [2.75, 3.05) is 27.2 Å². The maximum Gasteiger partial charge on any atom is 0.371 e. The number of rotatable bonds is 7. The lowest BCUT2D eigenvalue weighted by atomic mass is 10.2. The van der Waals surface area contributed by atoms with Crippen LogP contribution in [0.1, 0.15) is 35.7 Å². The minimum atomic E-state index is -1.03. The minimum Gasteiger partial charge on any atom is -0.475 e. The molecule has 1 unspecified atom stereocenters. The van der Waals surface area contributed by atoms with Crippen molar-refractivity contribution in [2.24, 2.45) is 0 Å². The van der Waals surface area contributed by atoms with Crippen molar-refractivity contribution >= 4 is 5.97 Å². The van der Waals surface area contributed by atoms with Gasteiger partial charge in [-0.05, 0) is 52.7 Å². The van der Waals surface area contributed by atoms with Gasteiger partial charge in [0.2, 0.25) is 5.76 Å². The predicted octanol–water partition coefficient (Wildman–Crippen LogP) is 1.58. The molecule has 0 radical (unpaired) electrons. The maximum atomic E-state index is 10.7. The fraction of sp³-hybridized carbons (Fsp3) is 0.583. The van der Waals surface area contributed by atoms with Crippen LogP contribution >= 0.6 is 0 Å². The van der Waals surface area contributed by atoms with E-state index in [1.807, 2.05) is 21.0 Å². The molecule has 17 heavy (non-hydrogen) atoms. The summed E-state index contributed by atoms with van der Waals surface area (Å²) in [5.41, 5.74) is 0. The molecule has 1 aromatic rings. The molecule has 0 aliphatic rings. The fourth-order valence-corrected chi connectivity index (χ4v) is 1.61. The molecule has 0 saturated heterocycles. The van der Waals surface area contributed by atoms with Crippen LogP contribution in [0.15, 0.2) is 16.5 Å². The van der Waals surface area contributed by atoms with Crippen LogP contribution < -0.4 is 5.32 Å².